The molecule has 0 atom stereocenters. The summed E-state index contributed by atoms with van der Waals surface area (Å²) in [6, 6.07) is 23.9. The topological polar surface area (TPSA) is 86.3 Å². The zero-order chi connectivity index (χ0) is 24.7. The average molecular weight is 480 g/mol. The van der Waals surface area contributed by atoms with Crippen LogP contribution in [0, 0.1) is 0 Å². The van der Waals surface area contributed by atoms with E-state index >= 15 is 0 Å². The monoisotopic (exact) mass is 479 g/mol. The van der Waals surface area contributed by atoms with E-state index in [1.165, 1.54) is 12.6 Å². The molecule has 0 spiro atoms. The van der Waals surface area contributed by atoms with Crippen LogP contribution in [0.25, 0.3) is 11.3 Å². The van der Waals surface area contributed by atoms with E-state index < -0.39 is 0 Å². The lowest BCUT2D eigenvalue weighted by Gasteiger charge is -2.36. The molecule has 5 rings (SSSR count). The second-order valence-corrected chi connectivity index (χ2v) is 8.78. The number of nitrogens with one attached hydrogen (secondary N) is 2. The summed E-state index contributed by atoms with van der Waals surface area (Å²) in [6.45, 7) is 6.32. The molecule has 0 radical (unpaired) electrons. The molecule has 2 aromatic heterocycles. The summed E-state index contributed by atoms with van der Waals surface area (Å²) < 4.78 is 0. The number of pyridine rings is 1. The van der Waals surface area contributed by atoms with Gasteiger partial charge in [-0.2, -0.15) is 0 Å². The van der Waals surface area contributed by atoms with E-state index in [4.69, 9.17) is 0 Å². The molecule has 1 fully saturated rings. The van der Waals surface area contributed by atoms with Crippen molar-refractivity contribution in [3.05, 3.63) is 90.9 Å². The quantitative estimate of drug-likeness (QED) is 0.402. The van der Waals surface area contributed by atoms with Crippen LogP contribution in [0.5, 0.6) is 0 Å². The van der Waals surface area contributed by atoms with Crippen LogP contribution in [0.15, 0.2) is 85.2 Å². The fourth-order valence-corrected chi connectivity index (χ4v) is 4.30. The number of piperazine rings is 1. The summed E-state index contributed by atoms with van der Waals surface area (Å²) in [7, 11) is 0. The van der Waals surface area contributed by atoms with Crippen molar-refractivity contribution in [1.82, 2.24) is 19.9 Å². The third-order valence-corrected chi connectivity index (χ3v) is 6.11. The van der Waals surface area contributed by atoms with E-state index in [0.717, 1.165) is 61.0 Å². The molecule has 1 amide bonds. The van der Waals surface area contributed by atoms with Gasteiger partial charge < -0.3 is 15.5 Å². The van der Waals surface area contributed by atoms with Crippen molar-refractivity contribution in [2.45, 2.75) is 13.5 Å². The summed E-state index contributed by atoms with van der Waals surface area (Å²) in [5.41, 5.74) is 5.76. The second-order valence-electron chi connectivity index (χ2n) is 8.78. The van der Waals surface area contributed by atoms with Gasteiger partial charge in [0.25, 0.3) is 0 Å². The van der Waals surface area contributed by atoms with Crippen molar-refractivity contribution in [2.75, 3.05) is 41.7 Å². The van der Waals surface area contributed by atoms with Gasteiger partial charge in [-0.3, -0.25) is 14.7 Å². The van der Waals surface area contributed by atoms with E-state index in [1.54, 1.807) is 6.20 Å². The normalized spacial score (nSPS) is 13.9. The van der Waals surface area contributed by atoms with Crippen molar-refractivity contribution in [3.63, 3.8) is 0 Å². The fraction of sp³-hybridized carbons (Fsp3) is 0.214. The Morgan fingerprint density at radius 3 is 2.44 bits per heavy atom. The Morgan fingerprint density at radius 1 is 0.861 bits per heavy atom. The highest BCUT2D eigenvalue weighted by Crippen LogP contribution is 2.25. The molecule has 0 bridgehead atoms. The largest absolute Gasteiger partial charge is 0.369 e. The molecule has 3 heterocycles. The van der Waals surface area contributed by atoms with E-state index in [1.807, 2.05) is 54.7 Å². The number of carbonyl (C=O) groups is 1. The van der Waals surface area contributed by atoms with Crippen LogP contribution in [0.2, 0.25) is 0 Å². The molecular weight excluding hydrogens is 450 g/mol. The first-order valence-corrected chi connectivity index (χ1v) is 12.1. The highest BCUT2D eigenvalue weighted by atomic mass is 16.1. The number of carbonyl (C=O) groups excluding carboxylic acids is 1. The minimum absolute atomic E-state index is 0.0927. The molecular formula is C28H29N7O. The Balaban J connectivity index is 1.22. The van der Waals surface area contributed by atoms with Crippen molar-refractivity contribution >= 4 is 28.9 Å². The van der Waals surface area contributed by atoms with Gasteiger partial charge in [0.1, 0.15) is 0 Å². The van der Waals surface area contributed by atoms with Gasteiger partial charge in [0.05, 0.1) is 11.4 Å². The zero-order valence-electron chi connectivity index (χ0n) is 20.3. The number of anilines is 4. The van der Waals surface area contributed by atoms with Gasteiger partial charge in [-0.25, -0.2) is 9.97 Å². The molecule has 8 heteroatoms. The Bertz CT molecular complexity index is 1300. The van der Waals surface area contributed by atoms with Gasteiger partial charge >= 0.3 is 0 Å². The SMILES string of the molecule is CC(=O)Nc1ccc(-c2ccnc(Nc3cccc(N4CCN(Cc5ccccn5)CC4)c3)n2)cc1. The van der Waals surface area contributed by atoms with Gasteiger partial charge in [0.2, 0.25) is 11.9 Å². The van der Waals surface area contributed by atoms with Crippen LogP contribution in [-0.4, -0.2) is 51.9 Å². The molecule has 8 nitrogen and oxygen atoms in total. The van der Waals surface area contributed by atoms with Gasteiger partial charge in [-0.05, 0) is 48.5 Å². The van der Waals surface area contributed by atoms with Crippen molar-refractivity contribution in [3.8, 4) is 11.3 Å². The lowest BCUT2D eigenvalue weighted by atomic mass is 10.1. The Kier molecular flexibility index (Phi) is 7.14. The van der Waals surface area contributed by atoms with Crippen LogP contribution in [-0.2, 0) is 11.3 Å². The highest BCUT2D eigenvalue weighted by Gasteiger charge is 2.18. The Hall–Kier alpha value is -4.30. The first-order chi connectivity index (χ1) is 17.6. The minimum Gasteiger partial charge on any atom is -0.369 e. The van der Waals surface area contributed by atoms with Gasteiger partial charge in [-0.15, -0.1) is 0 Å². The molecule has 2 aromatic carbocycles. The molecule has 36 heavy (non-hydrogen) atoms. The van der Waals surface area contributed by atoms with Crippen molar-refractivity contribution in [1.29, 1.82) is 0 Å². The van der Waals surface area contributed by atoms with Crippen LogP contribution in [0.3, 0.4) is 0 Å². The molecule has 182 valence electrons. The van der Waals surface area contributed by atoms with Crippen LogP contribution in [0.4, 0.5) is 23.0 Å². The molecule has 1 aliphatic heterocycles. The maximum Gasteiger partial charge on any atom is 0.227 e. The van der Waals surface area contributed by atoms with Crippen molar-refractivity contribution in [2.24, 2.45) is 0 Å². The predicted molar refractivity (Wildman–Crippen MR) is 143 cm³/mol. The maximum absolute atomic E-state index is 11.2. The number of rotatable bonds is 7. The summed E-state index contributed by atoms with van der Waals surface area (Å²) in [5, 5.41) is 6.13. The fourth-order valence-electron chi connectivity index (χ4n) is 4.30. The summed E-state index contributed by atoms with van der Waals surface area (Å²) >= 11 is 0. The van der Waals surface area contributed by atoms with E-state index in [2.05, 4.69) is 59.7 Å². The van der Waals surface area contributed by atoms with Crippen LogP contribution < -0.4 is 15.5 Å². The van der Waals surface area contributed by atoms with Crippen molar-refractivity contribution < 1.29 is 4.79 Å². The predicted octanol–water partition coefficient (Wildman–Crippen LogP) is 4.56. The van der Waals surface area contributed by atoms with Gasteiger partial charge in [0, 0.05) is 74.7 Å². The Labute approximate surface area is 211 Å². The first-order valence-electron chi connectivity index (χ1n) is 12.1. The molecule has 2 N–H and O–H groups in total. The number of aromatic nitrogens is 3. The molecule has 1 saturated heterocycles. The second kappa shape index (κ2) is 11.0. The number of hydrogen-bond acceptors (Lipinski definition) is 7. The van der Waals surface area contributed by atoms with Crippen LogP contribution in [0.1, 0.15) is 12.6 Å². The molecule has 0 unspecified atom stereocenters. The summed E-state index contributed by atoms with van der Waals surface area (Å²) in [4.78, 5) is 29.6. The minimum atomic E-state index is -0.0927. The average Bonchev–Trinajstić information content (AvgIpc) is 2.90. The molecule has 0 aliphatic carbocycles. The maximum atomic E-state index is 11.2. The van der Waals surface area contributed by atoms with E-state index in [-0.39, 0.29) is 5.91 Å². The summed E-state index contributed by atoms with van der Waals surface area (Å²) in [5.74, 6) is 0.445. The smallest absolute Gasteiger partial charge is 0.227 e. The number of hydrogen-bond donors (Lipinski definition) is 2. The summed E-state index contributed by atoms with van der Waals surface area (Å²) in [6.07, 6.45) is 3.60. The third kappa shape index (κ3) is 6.03. The Morgan fingerprint density at radius 2 is 1.69 bits per heavy atom. The number of nitrogens with zero attached hydrogens (tertiary/aromatic N) is 5. The van der Waals surface area contributed by atoms with E-state index in [0.29, 0.717) is 5.95 Å². The lowest BCUT2D eigenvalue weighted by molar-refractivity contribution is -0.114. The standard InChI is InChI=1S/C28H29N7O/c1-21(36)31-23-10-8-22(9-11-23)27-12-14-30-28(33-27)32-24-6-4-7-26(19-24)35-17-15-34(16-18-35)20-25-5-2-3-13-29-25/h2-14,19H,15-18,20H2,1H3,(H,31,36)(H,30,32,33). The highest BCUT2D eigenvalue weighted by molar-refractivity contribution is 5.88. The first kappa shape index (κ1) is 23.4. The number of amides is 1. The number of benzene rings is 2. The third-order valence-electron chi connectivity index (χ3n) is 6.11. The van der Waals surface area contributed by atoms with Crippen LogP contribution >= 0.6 is 0 Å². The lowest BCUT2D eigenvalue weighted by Crippen LogP contribution is -2.46. The molecule has 1 aliphatic rings. The molecule has 0 saturated carbocycles. The van der Waals surface area contributed by atoms with Gasteiger partial charge in [0.15, 0.2) is 0 Å². The molecule has 4 aromatic rings. The van der Waals surface area contributed by atoms with Gasteiger partial charge in [-0.1, -0.05) is 24.3 Å². The zero-order valence-corrected chi connectivity index (χ0v) is 20.3. The van der Waals surface area contributed by atoms with E-state index in [9.17, 15) is 4.79 Å².